The zero-order valence-corrected chi connectivity index (χ0v) is 19.1. The fraction of sp³-hybridized carbons (Fsp3) is 0.105. The molecule has 3 N–H and O–H groups in total. The minimum absolute atomic E-state index is 0.0897. The normalized spacial score (nSPS) is 10.5. The Morgan fingerprint density at radius 2 is 1.86 bits per heavy atom. The number of ether oxygens (including phenoxy) is 1. The minimum atomic E-state index is -0.508. The number of hydrogen-bond donors (Lipinski definition) is 3. The highest BCUT2D eigenvalue weighted by atomic mass is 79.9. The molecule has 0 bridgehead atoms. The van der Waals surface area contributed by atoms with Gasteiger partial charge in [0.25, 0.3) is 5.91 Å². The van der Waals surface area contributed by atoms with Crippen LogP contribution in [0.1, 0.15) is 11.1 Å². The molecular weight excluding hydrogens is 529 g/mol. The van der Waals surface area contributed by atoms with Crippen LogP contribution >= 0.6 is 44.1 Å². The lowest BCUT2D eigenvalue weighted by atomic mass is 10.2. The molecule has 2 rings (SSSR count). The van der Waals surface area contributed by atoms with Crippen LogP contribution in [0, 0.1) is 12.7 Å². The number of carbonyl (C=O) groups excluding carboxylic acids is 2. The first-order chi connectivity index (χ1) is 13.7. The molecule has 0 saturated carbocycles. The molecule has 0 saturated heterocycles. The lowest BCUT2D eigenvalue weighted by Gasteiger charge is -2.13. The molecule has 0 aliphatic heterocycles. The van der Waals surface area contributed by atoms with Crippen molar-refractivity contribution in [1.29, 1.82) is 0 Å². The second-order valence-electron chi connectivity index (χ2n) is 5.70. The average molecular weight is 545 g/mol. The molecule has 0 fully saturated rings. The number of benzene rings is 2. The van der Waals surface area contributed by atoms with Crippen LogP contribution in [-0.2, 0) is 9.59 Å². The maximum atomic E-state index is 12.8. The molecule has 152 valence electrons. The van der Waals surface area contributed by atoms with Crippen LogP contribution in [0.3, 0.4) is 0 Å². The van der Waals surface area contributed by atoms with Crippen molar-refractivity contribution >= 4 is 67.1 Å². The van der Waals surface area contributed by atoms with Crippen LogP contribution in [-0.4, -0.2) is 23.5 Å². The van der Waals surface area contributed by atoms with E-state index in [9.17, 15) is 14.0 Å². The number of carbonyl (C=O) groups is 2. The van der Waals surface area contributed by atoms with E-state index >= 15 is 0 Å². The van der Waals surface area contributed by atoms with Gasteiger partial charge in [0.15, 0.2) is 11.7 Å². The fourth-order valence-corrected chi connectivity index (χ4v) is 3.81. The van der Waals surface area contributed by atoms with E-state index < -0.39 is 11.8 Å². The number of halogens is 3. The van der Waals surface area contributed by atoms with Gasteiger partial charge in [-0.2, -0.15) is 0 Å². The lowest BCUT2D eigenvalue weighted by Crippen LogP contribution is -2.49. The molecule has 6 nitrogen and oxygen atoms in total. The highest BCUT2D eigenvalue weighted by Gasteiger charge is 2.10. The molecule has 0 unspecified atom stereocenters. The van der Waals surface area contributed by atoms with Crippen LogP contribution in [0.5, 0.6) is 5.75 Å². The van der Waals surface area contributed by atoms with Gasteiger partial charge in [-0.25, -0.2) is 4.39 Å². The Kier molecular flexibility index (Phi) is 8.74. The number of hydrogen-bond acceptors (Lipinski definition) is 4. The molecule has 10 heteroatoms. The molecule has 0 heterocycles. The topological polar surface area (TPSA) is 79.5 Å². The lowest BCUT2D eigenvalue weighted by molar-refractivity contribution is -0.123. The minimum Gasteiger partial charge on any atom is -0.482 e. The Morgan fingerprint density at radius 3 is 2.52 bits per heavy atom. The van der Waals surface area contributed by atoms with E-state index in [2.05, 4.69) is 48.0 Å². The fourth-order valence-electron chi connectivity index (χ4n) is 2.10. The van der Waals surface area contributed by atoms with Crippen molar-refractivity contribution in [2.75, 3.05) is 6.61 Å². The van der Waals surface area contributed by atoms with Crippen molar-refractivity contribution in [3.05, 3.63) is 68.4 Å². The van der Waals surface area contributed by atoms with Gasteiger partial charge in [-0.1, -0.05) is 28.1 Å². The first-order valence-corrected chi connectivity index (χ1v) is 10.2. The second-order valence-corrected chi connectivity index (χ2v) is 7.88. The average Bonchev–Trinajstić information content (AvgIpc) is 2.65. The Labute approximate surface area is 189 Å². The zero-order chi connectivity index (χ0) is 21.4. The molecule has 2 aromatic carbocycles. The summed E-state index contributed by atoms with van der Waals surface area (Å²) in [5.74, 6) is -0.811. The van der Waals surface area contributed by atoms with Crippen LogP contribution in [0.25, 0.3) is 6.08 Å². The third-order valence-corrected chi connectivity index (χ3v) is 4.64. The Balaban J connectivity index is 1.75. The summed E-state index contributed by atoms with van der Waals surface area (Å²) in [5, 5.41) is 2.28. The molecule has 0 atom stereocenters. The third-order valence-electron chi connectivity index (χ3n) is 3.39. The predicted molar refractivity (Wildman–Crippen MR) is 120 cm³/mol. The zero-order valence-electron chi connectivity index (χ0n) is 15.1. The Morgan fingerprint density at radius 1 is 1.17 bits per heavy atom. The SMILES string of the molecule is Cc1cc(Br)cc(Br)c1OCC(=O)NNC(=S)NC(=O)C=Cc1ccc(F)cc1. The first kappa shape index (κ1) is 23.0. The summed E-state index contributed by atoms with van der Waals surface area (Å²) in [4.78, 5) is 23.7. The van der Waals surface area contributed by atoms with Crippen molar-refractivity contribution in [3.63, 3.8) is 0 Å². The summed E-state index contributed by atoms with van der Waals surface area (Å²) in [5.41, 5.74) is 6.24. The van der Waals surface area contributed by atoms with E-state index in [1.54, 1.807) is 0 Å². The van der Waals surface area contributed by atoms with E-state index in [0.717, 1.165) is 10.0 Å². The standard InChI is InChI=1S/C19H16Br2FN3O3S/c1-11-8-13(20)9-15(21)18(11)28-10-17(27)24-25-19(29)23-16(26)7-4-12-2-5-14(22)6-3-12/h2-9H,10H2,1H3,(H,24,27)(H2,23,25,26,29). The van der Waals surface area contributed by atoms with Crippen molar-refractivity contribution < 1.29 is 18.7 Å². The van der Waals surface area contributed by atoms with Gasteiger partial charge in [0.2, 0.25) is 5.91 Å². The molecule has 0 aliphatic carbocycles. The number of hydrazine groups is 1. The molecule has 0 radical (unpaired) electrons. The molecule has 2 aromatic rings. The molecule has 0 aromatic heterocycles. The summed E-state index contributed by atoms with van der Waals surface area (Å²) in [7, 11) is 0. The van der Waals surface area contributed by atoms with Gasteiger partial charge in [-0.3, -0.25) is 25.8 Å². The number of nitrogens with one attached hydrogen (secondary N) is 3. The molecule has 29 heavy (non-hydrogen) atoms. The van der Waals surface area contributed by atoms with Crippen molar-refractivity contribution in [3.8, 4) is 5.75 Å². The number of thiocarbonyl (C=S) groups is 1. The summed E-state index contributed by atoms with van der Waals surface area (Å²) < 4.78 is 19.9. The van der Waals surface area contributed by atoms with E-state index in [1.165, 1.54) is 36.4 Å². The first-order valence-electron chi connectivity index (χ1n) is 8.16. The van der Waals surface area contributed by atoms with Gasteiger partial charge in [0.1, 0.15) is 11.6 Å². The molecule has 0 aliphatic rings. The quantitative estimate of drug-likeness (QED) is 0.303. The van der Waals surface area contributed by atoms with Crippen LogP contribution < -0.4 is 20.9 Å². The van der Waals surface area contributed by atoms with E-state index in [4.69, 9.17) is 17.0 Å². The molecular formula is C19H16Br2FN3O3S. The van der Waals surface area contributed by atoms with Gasteiger partial charge in [-0.15, -0.1) is 0 Å². The maximum absolute atomic E-state index is 12.8. The van der Waals surface area contributed by atoms with Crippen molar-refractivity contribution in [2.24, 2.45) is 0 Å². The monoisotopic (exact) mass is 543 g/mol. The van der Waals surface area contributed by atoms with Gasteiger partial charge in [-0.05, 0) is 76.5 Å². The summed E-state index contributed by atoms with van der Waals surface area (Å²) in [6.07, 6.45) is 2.74. The summed E-state index contributed by atoms with van der Waals surface area (Å²) >= 11 is 11.7. The maximum Gasteiger partial charge on any atom is 0.276 e. The summed E-state index contributed by atoms with van der Waals surface area (Å²) in [6, 6.07) is 9.30. The second kappa shape index (κ2) is 11.0. The predicted octanol–water partition coefficient (Wildman–Crippen LogP) is 3.77. The number of rotatable bonds is 5. The van der Waals surface area contributed by atoms with Crippen LogP contribution in [0.15, 0.2) is 51.4 Å². The molecule has 0 spiro atoms. The smallest absolute Gasteiger partial charge is 0.276 e. The highest BCUT2D eigenvalue weighted by Crippen LogP contribution is 2.32. The Bertz CT molecular complexity index is 929. The van der Waals surface area contributed by atoms with E-state index in [1.807, 2.05) is 19.1 Å². The van der Waals surface area contributed by atoms with E-state index in [0.29, 0.717) is 15.8 Å². The Hall–Kier alpha value is -2.30. The number of amides is 2. The van der Waals surface area contributed by atoms with Gasteiger partial charge in [0, 0.05) is 10.5 Å². The van der Waals surface area contributed by atoms with Crippen molar-refractivity contribution in [1.82, 2.24) is 16.2 Å². The highest BCUT2D eigenvalue weighted by molar-refractivity contribution is 9.11. The van der Waals surface area contributed by atoms with Crippen molar-refractivity contribution in [2.45, 2.75) is 6.92 Å². The largest absolute Gasteiger partial charge is 0.482 e. The van der Waals surface area contributed by atoms with Gasteiger partial charge < -0.3 is 4.74 Å². The van der Waals surface area contributed by atoms with Crippen LogP contribution in [0.2, 0.25) is 0 Å². The van der Waals surface area contributed by atoms with Crippen LogP contribution in [0.4, 0.5) is 4.39 Å². The number of aryl methyl sites for hydroxylation is 1. The van der Waals surface area contributed by atoms with E-state index in [-0.39, 0.29) is 17.5 Å². The summed E-state index contributed by atoms with van der Waals surface area (Å²) in [6.45, 7) is 1.60. The molecule has 2 amide bonds. The van der Waals surface area contributed by atoms with Gasteiger partial charge >= 0.3 is 0 Å². The third kappa shape index (κ3) is 7.92. The van der Waals surface area contributed by atoms with Gasteiger partial charge in [0.05, 0.1) is 4.47 Å².